The van der Waals surface area contributed by atoms with Crippen molar-refractivity contribution in [3.8, 4) is 0 Å². The molecule has 0 unspecified atom stereocenters. The first-order valence-electron chi connectivity index (χ1n) is 5.99. The molecule has 2 aromatic carbocycles. The van der Waals surface area contributed by atoms with Gasteiger partial charge in [0, 0.05) is 0 Å². The quantitative estimate of drug-likeness (QED) is 0.653. The summed E-state index contributed by atoms with van der Waals surface area (Å²) in [5.41, 5.74) is 1.01. The predicted molar refractivity (Wildman–Crippen MR) is 81.4 cm³/mol. The molecule has 2 aromatic rings. The Hall–Kier alpha value is -2.00. The first kappa shape index (κ1) is 16.4. The summed E-state index contributed by atoms with van der Waals surface area (Å²) >= 11 is 0. The summed E-state index contributed by atoms with van der Waals surface area (Å²) in [5.74, 6) is 0. The molecule has 116 valence electrons. The van der Waals surface area contributed by atoms with E-state index in [0.29, 0.717) is 11.1 Å². The molecule has 2 N–H and O–H groups in total. The highest BCUT2D eigenvalue weighted by molar-refractivity contribution is 7.86. The molecule has 0 saturated carbocycles. The number of hydrogen-bond donors (Lipinski definition) is 2. The SMILES string of the molecule is O=S(=O)(O)c1cccc(C=Cc2cccc(S(=O)(=O)O)c2)c1. The van der Waals surface area contributed by atoms with Crippen molar-refractivity contribution in [1.29, 1.82) is 0 Å². The second-order valence-electron chi connectivity index (χ2n) is 4.43. The van der Waals surface area contributed by atoms with E-state index in [0.717, 1.165) is 0 Å². The zero-order valence-corrected chi connectivity index (χ0v) is 12.8. The molecule has 0 bridgehead atoms. The fourth-order valence-electron chi connectivity index (χ4n) is 1.75. The highest BCUT2D eigenvalue weighted by Crippen LogP contribution is 2.16. The molecular weight excluding hydrogens is 328 g/mol. The highest BCUT2D eigenvalue weighted by Gasteiger charge is 2.09. The van der Waals surface area contributed by atoms with Crippen LogP contribution >= 0.6 is 0 Å². The lowest BCUT2D eigenvalue weighted by molar-refractivity contribution is 0.481. The van der Waals surface area contributed by atoms with Crippen molar-refractivity contribution in [3.63, 3.8) is 0 Å². The van der Waals surface area contributed by atoms with E-state index in [-0.39, 0.29) is 9.79 Å². The van der Waals surface area contributed by atoms with Crippen LogP contribution in [0.25, 0.3) is 12.2 Å². The summed E-state index contributed by atoms with van der Waals surface area (Å²) in [4.78, 5) is -0.470. The van der Waals surface area contributed by atoms with Crippen molar-refractivity contribution in [1.82, 2.24) is 0 Å². The van der Waals surface area contributed by atoms with Gasteiger partial charge in [0.25, 0.3) is 20.2 Å². The Kier molecular flexibility index (Phi) is 4.47. The molecule has 0 fully saturated rings. The normalized spacial score (nSPS) is 12.6. The van der Waals surface area contributed by atoms with Gasteiger partial charge in [-0.2, -0.15) is 16.8 Å². The average molecular weight is 340 g/mol. The lowest BCUT2D eigenvalue weighted by Gasteiger charge is -2.00. The zero-order chi connectivity index (χ0) is 16.4. The maximum atomic E-state index is 11.1. The van der Waals surface area contributed by atoms with Crippen LogP contribution in [-0.2, 0) is 20.2 Å². The molecule has 0 aliphatic carbocycles. The van der Waals surface area contributed by atoms with Crippen LogP contribution in [0.4, 0.5) is 0 Å². The molecule has 8 heteroatoms. The highest BCUT2D eigenvalue weighted by atomic mass is 32.2. The Morgan fingerprint density at radius 3 is 1.36 bits per heavy atom. The van der Waals surface area contributed by atoms with Crippen LogP contribution in [0.5, 0.6) is 0 Å². The van der Waals surface area contributed by atoms with Crippen molar-refractivity contribution < 1.29 is 25.9 Å². The van der Waals surface area contributed by atoms with E-state index < -0.39 is 20.2 Å². The minimum atomic E-state index is -4.28. The maximum Gasteiger partial charge on any atom is 0.294 e. The summed E-state index contributed by atoms with van der Waals surface area (Å²) in [6.07, 6.45) is 3.11. The van der Waals surface area contributed by atoms with Gasteiger partial charge in [-0.05, 0) is 35.4 Å². The van der Waals surface area contributed by atoms with E-state index in [1.807, 2.05) is 0 Å². The van der Waals surface area contributed by atoms with Crippen LogP contribution in [0, 0.1) is 0 Å². The summed E-state index contributed by atoms with van der Waals surface area (Å²) < 4.78 is 62.2. The fourth-order valence-corrected chi connectivity index (χ4v) is 2.82. The molecule has 0 aliphatic rings. The molecule has 0 spiro atoms. The third-order valence-corrected chi connectivity index (χ3v) is 4.48. The first-order valence-corrected chi connectivity index (χ1v) is 8.87. The Labute approximate surface area is 128 Å². The van der Waals surface area contributed by atoms with Crippen LogP contribution < -0.4 is 0 Å². The fraction of sp³-hybridized carbons (Fsp3) is 0. The van der Waals surface area contributed by atoms with Gasteiger partial charge < -0.3 is 0 Å². The topological polar surface area (TPSA) is 109 Å². The van der Waals surface area contributed by atoms with Crippen molar-refractivity contribution in [3.05, 3.63) is 59.7 Å². The molecule has 6 nitrogen and oxygen atoms in total. The average Bonchev–Trinajstić information content (AvgIpc) is 2.44. The second-order valence-corrected chi connectivity index (χ2v) is 7.27. The van der Waals surface area contributed by atoms with Gasteiger partial charge >= 0.3 is 0 Å². The summed E-state index contributed by atoms with van der Waals surface area (Å²) in [5, 5.41) is 0. The predicted octanol–water partition coefficient (Wildman–Crippen LogP) is 2.35. The smallest absolute Gasteiger partial charge is 0.282 e. The van der Waals surface area contributed by atoms with Crippen molar-refractivity contribution in [2.75, 3.05) is 0 Å². The molecule has 0 saturated heterocycles. The molecule has 0 amide bonds. The maximum absolute atomic E-state index is 11.1. The molecule has 0 radical (unpaired) electrons. The van der Waals surface area contributed by atoms with Crippen molar-refractivity contribution in [2.24, 2.45) is 0 Å². The van der Waals surface area contributed by atoms with Crippen LogP contribution in [0.1, 0.15) is 11.1 Å². The number of benzene rings is 2. The third kappa shape index (κ3) is 4.25. The molecular formula is C14H12O6S2. The van der Waals surface area contributed by atoms with Gasteiger partial charge in [-0.15, -0.1) is 0 Å². The van der Waals surface area contributed by atoms with Gasteiger partial charge in [-0.25, -0.2) is 0 Å². The monoisotopic (exact) mass is 340 g/mol. The van der Waals surface area contributed by atoms with Gasteiger partial charge in [-0.3, -0.25) is 9.11 Å². The second kappa shape index (κ2) is 6.01. The molecule has 22 heavy (non-hydrogen) atoms. The van der Waals surface area contributed by atoms with E-state index in [9.17, 15) is 16.8 Å². The first-order chi connectivity index (χ1) is 10.2. The summed E-state index contributed by atoms with van der Waals surface area (Å²) in [6, 6.07) is 11.2. The molecule has 0 aliphatic heterocycles. The third-order valence-electron chi connectivity index (χ3n) is 2.78. The number of rotatable bonds is 4. The van der Waals surface area contributed by atoms with Crippen LogP contribution in [-0.4, -0.2) is 25.9 Å². The molecule has 0 heterocycles. The van der Waals surface area contributed by atoms with E-state index in [4.69, 9.17) is 9.11 Å². The van der Waals surface area contributed by atoms with Crippen LogP contribution in [0.3, 0.4) is 0 Å². The van der Waals surface area contributed by atoms with Gasteiger partial charge in [-0.1, -0.05) is 36.4 Å². The van der Waals surface area contributed by atoms with E-state index in [1.165, 1.54) is 36.4 Å². The van der Waals surface area contributed by atoms with E-state index in [1.54, 1.807) is 24.3 Å². The Morgan fingerprint density at radius 1 is 0.682 bits per heavy atom. The van der Waals surface area contributed by atoms with Gasteiger partial charge in [0.1, 0.15) is 0 Å². The summed E-state index contributed by atoms with van der Waals surface area (Å²) in [6.45, 7) is 0. The van der Waals surface area contributed by atoms with Crippen molar-refractivity contribution in [2.45, 2.75) is 9.79 Å². The Balaban J connectivity index is 2.34. The van der Waals surface area contributed by atoms with E-state index >= 15 is 0 Å². The summed E-state index contributed by atoms with van der Waals surface area (Å²) in [7, 11) is -8.56. The van der Waals surface area contributed by atoms with Gasteiger partial charge in [0.15, 0.2) is 0 Å². The zero-order valence-electron chi connectivity index (χ0n) is 11.1. The largest absolute Gasteiger partial charge is 0.294 e. The molecule has 0 atom stereocenters. The van der Waals surface area contributed by atoms with Gasteiger partial charge in [0.05, 0.1) is 9.79 Å². The minimum Gasteiger partial charge on any atom is -0.282 e. The van der Waals surface area contributed by atoms with Crippen LogP contribution in [0.15, 0.2) is 58.3 Å². The lowest BCUT2D eigenvalue weighted by Crippen LogP contribution is -1.98. The Bertz CT molecular complexity index is 850. The van der Waals surface area contributed by atoms with Crippen molar-refractivity contribution >= 4 is 32.4 Å². The minimum absolute atomic E-state index is 0.235. The Morgan fingerprint density at radius 2 is 1.05 bits per heavy atom. The molecule has 0 aromatic heterocycles. The van der Waals surface area contributed by atoms with Crippen LogP contribution in [0.2, 0.25) is 0 Å². The lowest BCUT2D eigenvalue weighted by atomic mass is 10.1. The number of hydrogen-bond acceptors (Lipinski definition) is 4. The van der Waals surface area contributed by atoms with E-state index in [2.05, 4.69) is 0 Å². The standard InChI is InChI=1S/C14H12O6S2/c15-21(16,17)13-5-1-3-11(9-13)7-8-12-4-2-6-14(10-12)22(18,19)20/h1-10H,(H,15,16,17)(H,18,19,20). The van der Waals surface area contributed by atoms with Gasteiger partial charge in [0.2, 0.25) is 0 Å². The molecule has 2 rings (SSSR count).